The normalized spacial score (nSPS) is 10.3. The first-order valence-electron chi connectivity index (χ1n) is 5.59. The van der Waals surface area contributed by atoms with Gasteiger partial charge in [0.2, 0.25) is 5.95 Å². The molecule has 100 valence electrons. The number of halogens is 3. The summed E-state index contributed by atoms with van der Waals surface area (Å²) in [4.78, 5) is 7.72. The van der Waals surface area contributed by atoms with Gasteiger partial charge in [-0.05, 0) is 35.0 Å². The molecule has 19 heavy (non-hydrogen) atoms. The number of nitrogens with one attached hydrogen (secondary N) is 2. The van der Waals surface area contributed by atoms with Crippen LogP contribution in [0.5, 0.6) is 0 Å². The quantitative estimate of drug-likeness (QED) is 0.898. The lowest BCUT2D eigenvalue weighted by molar-refractivity contribution is 0.616. The third-order valence-corrected chi connectivity index (χ3v) is 2.95. The van der Waals surface area contributed by atoms with Gasteiger partial charge < -0.3 is 10.6 Å². The van der Waals surface area contributed by atoms with Gasteiger partial charge in [-0.25, -0.2) is 13.8 Å². The lowest BCUT2D eigenvalue weighted by Gasteiger charge is -2.10. The first kappa shape index (κ1) is 13.7. The molecule has 0 saturated heterocycles. The number of hydrogen-bond donors (Lipinski definition) is 2. The van der Waals surface area contributed by atoms with Gasteiger partial charge in [-0.3, -0.25) is 0 Å². The van der Waals surface area contributed by atoms with Crippen molar-refractivity contribution in [2.24, 2.45) is 0 Å². The number of benzene rings is 1. The van der Waals surface area contributed by atoms with E-state index < -0.39 is 11.6 Å². The minimum Gasteiger partial charge on any atom is -0.354 e. The van der Waals surface area contributed by atoms with Crippen LogP contribution < -0.4 is 10.6 Å². The van der Waals surface area contributed by atoms with E-state index >= 15 is 0 Å². The van der Waals surface area contributed by atoms with Crippen LogP contribution in [0.15, 0.2) is 28.9 Å². The van der Waals surface area contributed by atoms with E-state index in [9.17, 15) is 8.78 Å². The van der Waals surface area contributed by atoms with Gasteiger partial charge in [-0.2, -0.15) is 4.98 Å². The molecule has 0 saturated carbocycles. The largest absolute Gasteiger partial charge is 0.354 e. The summed E-state index contributed by atoms with van der Waals surface area (Å²) in [5.41, 5.74) is 0.127. The maximum Gasteiger partial charge on any atom is 0.224 e. The molecule has 0 radical (unpaired) electrons. The van der Waals surface area contributed by atoms with Crippen molar-refractivity contribution >= 4 is 33.4 Å². The molecule has 1 heterocycles. The van der Waals surface area contributed by atoms with E-state index in [0.29, 0.717) is 11.0 Å². The molecule has 4 nitrogen and oxygen atoms in total. The zero-order valence-electron chi connectivity index (χ0n) is 10.0. The molecule has 0 atom stereocenters. The molecule has 1 aromatic carbocycles. The summed E-state index contributed by atoms with van der Waals surface area (Å²) < 4.78 is 27.7. The highest BCUT2D eigenvalue weighted by Crippen LogP contribution is 2.28. The van der Waals surface area contributed by atoms with E-state index in [0.717, 1.165) is 6.20 Å². The number of aromatic nitrogens is 2. The minimum atomic E-state index is -0.656. The molecule has 0 fully saturated rings. The molecular formula is C12H11BrF2N4. The Morgan fingerprint density at radius 1 is 1.26 bits per heavy atom. The van der Waals surface area contributed by atoms with Crippen molar-refractivity contribution in [2.45, 2.75) is 6.92 Å². The molecule has 0 aliphatic rings. The van der Waals surface area contributed by atoms with Crippen LogP contribution in [0.1, 0.15) is 6.92 Å². The number of nitrogens with zero attached hydrogens (tertiary/aromatic N) is 2. The third kappa shape index (κ3) is 3.17. The topological polar surface area (TPSA) is 49.8 Å². The average Bonchev–Trinajstić information content (AvgIpc) is 2.38. The SMILES string of the molecule is CCNc1ncc(F)c(Nc2c(F)cccc2Br)n1. The summed E-state index contributed by atoms with van der Waals surface area (Å²) in [6, 6.07) is 4.47. The fraction of sp³-hybridized carbons (Fsp3) is 0.167. The molecule has 0 spiro atoms. The Morgan fingerprint density at radius 2 is 2.05 bits per heavy atom. The lowest BCUT2D eigenvalue weighted by atomic mass is 10.3. The molecule has 2 aromatic rings. The Hall–Kier alpha value is -1.76. The third-order valence-electron chi connectivity index (χ3n) is 2.29. The Balaban J connectivity index is 2.35. The molecule has 7 heteroatoms. The summed E-state index contributed by atoms with van der Waals surface area (Å²) in [5, 5.41) is 5.48. The summed E-state index contributed by atoms with van der Waals surface area (Å²) in [7, 11) is 0. The Labute approximate surface area is 117 Å². The molecule has 2 rings (SSSR count). The van der Waals surface area contributed by atoms with Gasteiger partial charge in [0.15, 0.2) is 11.6 Å². The Kier molecular flexibility index (Phi) is 4.26. The van der Waals surface area contributed by atoms with Crippen LogP contribution >= 0.6 is 15.9 Å². The predicted octanol–water partition coefficient (Wildman–Crippen LogP) is 3.69. The van der Waals surface area contributed by atoms with Gasteiger partial charge in [-0.15, -0.1) is 0 Å². The lowest BCUT2D eigenvalue weighted by Crippen LogP contribution is -2.06. The average molecular weight is 329 g/mol. The first-order valence-corrected chi connectivity index (χ1v) is 6.38. The Morgan fingerprint density at radius 3 is 2.74 bits per heavy atom. The summed E-state index contributed by atoms with van der Waals surface area (Å²) >= 11 is 3.19. The molecule has 0 amide bonds. The van der Waals surface area contributed by atoms with Gasteiger partial charge in [-0.1, -0.05) is 6.07 Å². The van der Waals surface area contributed by atoms with Crippen molar-refractivity contribution in [3.8, 4) is 0 Å². The van der Waals surface area contributed by atoms with Crippen LogP contribution in [0.2, 0.25) is 0 Å². The van der Waals surface area contributed by atoms with Crippen LogP contribution in [0, 0.1) is 11.6 Å². The van der Waals surface area contributed by atoms with Gasteiger partial charge >= 0.3 is 0 Å². The summed E-state index contributed by atoms with van der Waals surface area (Å²) in [6.45, 7) is 2.47. The number of para-hydroxylation sites is 1. The maximum absolute atomic E-state index is 13.6. The van der Waals surface area contributed by atoms with E-state index in [2.05, 4.69) is 36.5 Å². The van der Waals surface area contributed by atoms with Gasteiger partial charge in [0.05, 0.1) is 11.9 Å². The molecule has 0 bridgehead atoms. The van der Waals surface area contributed by atoms with Crippen LogP contribution in [-0.4, -0.2) is 16.5 Å². The van der Waals surface area contributed by atoms with Crippen molar-refractivity contribution in [1.29, 1.82) is 0 Å². The van der Waals surface area contributed by atoms with E-state index in [1.165, 1.54) is 6.07 Å². The minimum absolute atomic E-state index is 0.0863. The van der Waals surface area contributed by atoms with E-state index in [4.69, 9.17) is 0 Å². The molecule has 1 aromatic heterocycles. The van der Waals surface area contributed by atoms with Crippen LogP contribution in [-0.2, 0) is 0 Å². The highest BCUT2D eigenvalue weighted by molar-refractivity contribution is 9.10. The monoisotopic (exact) mass is 328 g/mol. The zero-order valence-corrected chi connectivity index (χ0v) is 11.6. The van der Waals surface area contributed by atoms with Crippen LogP contribution in [0.4, 0.5) is 26.2 Å². The van der Waals surface area contributed by atoms with Crippen LogP contribution in [0.3, 0.4) is 0 Å². The van der Waals surface area contributed by atoms with Crippen molar-refractivity contribution in [3.63, 3.8) is 0 Å². The smallest absolute Gasteiger partial charge is 0.224 e. The van der Waals surface area contributed by atoms with Gasteiger partial charge in [0.1, 0.15) is 5.82 Å². The van der Waals surface area contributed by atoms with E-state index in [-0.39, 0.29) is 17.5 Å². The van der Waals surface area contributed by atoms with Crippen molar-refractivity contribution < 1.29 is 8.78 Å². The number of rotatable bonds is 4. The number of hydrogen-bond acceptors (Lipinski definition) is 4. The van der Waals surface area contributed by atoms with Crippen molar-refractivity contribution in [2.75, 3.05) is 17.2 Å². The molecule has 0 aliphatic heterocycles. The standard InChI is InChI=1S/C12H11BrF2N4/c1-2-16-12-17-6-9(15)11(19-12)18-10-7(13)4-3-5-8(10)14/h3-6H,2H2,1H3,(H2,16,17,18,19). The highest BCUT2D eigenvalue weighted by Gasteiger charge is 2.12. The second-order valence-electron chi connectivity index (χ2n) is 3.64. The summed E-state index contributed by atoms with van der Waals surface area (Å²) in [6.07, 6.45) is 1.03. The molecule has 0 unspecified atom stereocenters. The Bertz CT molecular complexity index is 572. The van der Waals surface area contributed by atoms with Gasteiger partial charge in [0, 0.05) is 11.0 Å². The first-order chi connectivity index (χ1) is 9.11. The molecular weight excluding hydrogens is 318 g/mol. The predicted molar refractivity (Wildman–Crippen MR) is 73.5 cm³/mol. The highest BCUT2D eigenvalue weighted by atomic mass is 79.9. The number of anilines is 3. The fourth-order valence-electron chi connectivity index (χ4n) is 1.43. The van der Waals surface area contributed by atoms with Gasteiger partial charge in [0.25, 0.3) is 0 Å². The van der Waals surface area contributed by atoms with E-state index in [1.54, 1.807) is 12.1 Å². The second kappa shape index (κ2) is 5.92. The molecule has 2 N–H and O–H groups in total. The van der Waals surface area contributed by atoms with Crippen LogP contribution in [0.25, 0.3) is 0 Å². The zero-order chi connectivity index (χ0) is 13.8. The van der Waals surface area contributed by atoms with E-state index in [1.807, 2.05) is 6.92 Å². The molecule has 0 aliphatic carbocycles. The van der Waals surface area contributed by atoms with Crippen molar-refractivity contribution in [1.82, 2.24) is 9.97 Å². The second-order valence-corrected chi connectivity index (χ2v) is 4.50. The maximum atomic E-state index is 13.6. The summed E-state index contributed by atoms with van der Waals surface area (Å²) in [5.74, 6) is -0.968. The van der Waals surface area contributed by atoms with Crippen molar-refractivity contribution in [3.05, 3.63) is 40.5 Å². The fourth-order valence-corrected chi connectivity index (χ4v) is 1.87.